The number of halogens is 1. The lowest BCUT2D eigenvalue weighted by Crippen LogP contribution is -2.45. The maximum absolute atomic E-state index is 6.45. The van der Waals surface area contributed by atoms with Crippen molar-refractivity contribution >= 4 is 34.0 Å². The lowest BCUT2D eigenvalue weighted by molar-refractivity contribution is -0.0710. The number of morpholine rings is 1. The number of aromatic nitrogens is 3. The number of pyridine rings is 1. The molecule has 1 aliphatic heterocycles. The van der Waals surface area contributed by atoms with E-state index in [2.05, 4.69) is 74.1 Å². The Kier molecular flexibility index (Phi) is 7.17. The van der Waals surface area contributed by atoms with Crippen molar-refractivity contribution in [3.8, 4) is 11.3 Å². The van der Waals surface area contributed by atoms with Crippen molar-refractivity contribution in [1.29, 1.82) is 0 Å². The summed E-state index contributed by atoms with van der Waals surface area (Å²) in [7, 11) is 0. The van der Waals surface area contributed by atoms with Crippen LogP contribution in [0.4, 0.5) is 11.5 Å². The summed E-state index contributed by atoms with van der Waals surface area (Å²) in [6, 6.07) is 18.4. The first-order valence-corrected chi connectivity index (χ1v) is 13.2. The van der Waals surface area contributed by atoms with Gasteiger partial charge in [-0.2, -0.15) is 0 Å². The Morgan fingerprint density at radius 2 is 1.73 bits per heavy atom. The first-order chi connectivity index (χ1) is 17.7. The first kappa shape index (κ1) is 25.6. The summed E-state index contributed by atoms with van der Waals surface area (Å²) in [5, 5.41) is 5.12. The summed E-state index contributed by atoms with van der Waals surface area (Å²) >= 11 is 6.45. The number of rotatable bonds is 5. The lowest BCUT2D eigenvalue weighted by atomic mass is 9.87. The van der Waals surface area contributed by atoms with E-state index >= 15 is 0 Å². The average molecular weight is 516 g/mol. The molecule has 1 aliphatic rings. The number of fused-ring (bicyclic) bond motifs is 1. The van der Waals surface area contributed by atoms with E-state index < -0.39 is 0 Å². The van der Waals surface area contributed by atoms with Crippen LogP contribution in [0.3, 0.4) is 0 Å². The van der Waals surface area contributed by atoms with Gasteiger partial charge in [-0.25, -0.2) is 9.97 Å². The van der Waals surface area contributed by atoms with Crippen LogP contribution in [0.15, 0.2) is 60.8 Å². The van der Waals surface area contributed by atoms with E-state index in [9.17, 15) is 0 Å². The fourth-order valence-corrected chi connectivity index (χ4v) is 5.12. The minimum Gasteiger partial charge on any atom is -0.373 e. The minimum atomic E-state index is 0.100. The van der Waals surface area contributed by atoms with E-state index in [1.807, 2.05) is 30.3 Å². The molecule has 0 saturated carbocycles. The fraction of sp³-hybridized carbons (Fsp3) is 0.367. The molecule has 37 heavy (non-hydrogen) atoms. The number of anilines is 2. The molecule has 0 aliphatic carbocycles. The molecule has 2 aromatic heterocycles. The molecule has 0 bridgehead atoms. The topological polar surface area (TPSA) is 63.2 Å². The van der Waals surface area contributed by atoms with Gasteiger partial charge < -0.3 is 10.1 Å². The van der Waals surface area contributed by atoms with Crippen LogP contribution in [-0.4, -0.2) is 45.1 Å². The molecule has 5 rings (SSSR count). The second-order valence-corrected chi connectivity index (χ2v) is 11.4. The van der Waals surface area contributed by atoms with Crippen LogP contribution >= 0.6 is 11.6 Å². The Balaban J connectivity index is 1.54. The Hall–Kier alpha value is -3.06. The molecular formula is C30H34ClN5O. The zero-order valence-corrected chi connectivity index (χ0v) is 22.9. The molecule has 7 heteroatoms. The van der Waals surface area contributed by atoms with Gasteiger partial charge in [0.15, 0.2) is 0 Å². The molecule has 192 valence electrons. The molecule has 1 fully saturated rings. The maximum Gasteiger partial charge on any atom is 0.145 e. The molecular weight excluding hydrogens is 482 g/mol. The number of ether oxygens (including phenoxy) is 1. The highest BCUT2D eigenvalue weighted by molar-refractivity contribution is 6.33. The van der Waals surface area contributed by atoms with Gasteiger partial charge in [0.05, 0.1) is 35.0 Å². The maximum atomic E-state index is 6.45. The van der Waals surface area contributed by atoms with Crippen molar-refractivity contribution in [1.82, 2.24) is 19.9 Å². The van der Waals surface area contributed by atoms with Gasteiger partial charge >= 0.3 is 0 Å². The third-order valence-electron chi connectivity index (χ3n) is 6.65. The van der Waals surface area contributed by atoms with Gasteiger partial charge in [0.1, 0.15) is 11.6 Å². The van der Waals surface area contributed by atoms with Crippen LogP contribution in [-0.2, 0) is 16.7 Å². The predicted octanol–water partition coefficient (Wildman–Crippen LogP) is 7.00. The number of nitrogens with one attached hydrogen (secondary N) is 1. The SMILES string of the molecule is C[C@H]1CN(Cc2nc(Nc3ccc(C(C)(C)C)cc3)c3ccc(-c4ncccc4Cl)cc3n2)C[C@H](C)O1. The van der Waals surface area contributed by atoms with Crippen molar-refractivity contribution in [3.05, 3.63) is 77.2 Å². The molecule has 2 aromatic carbocycles. The Bertz CT molecular complexity index is 1390. The van der Waals surface area contributed by atoms with Gasteiger partial charge in [-0.05, 0) is 61.2 Å². The number of hydrogen-bond acceptors (Lipinski definition) is 6. The van der Waals surface area contributed by atoms with Crippen molar-refractivity contribution in [2.75, 3.05) is 18.4 Å². The zero-order valence-electron chi connectivity index (χ0n) is 22.1. The van der Waals surface area contributed by atoms with E-state index in [-0.39, 0.29) is 17.6 Å². The highest BCUT2D eigenvalue weighted by Gasteiger charge is 2.23. The monoisotopic (exact) mass is 515 g/mol. The van der Waals surface area contributed by atoms with E-state index in [4.69, 9.17) is 26.3 Å². The summed E-state index contributed by atoms with van der Waals surface area (Å²) in [6.45, 7) is 13.2. The molecule has 0 amide bonds. The summed E-state index contributed by atoms with van der Waals surface area (Å²) in [6.07, 6.45) is 2.12. The van der Waals surface area contributed by atoms with Crippen LogP contribution < -0.4 is 5.32 Å². The average Bonchev–Trinajstić information content (AvgIpc) is 2.83. The molecule has 6 nitrogen and oxygen atoms in total. The normalized spacial score (nSPS) is 18.8. The largest absolute Gasteiger partial charge is 0.373 e. The smallest absolute Gasteiger partial charge is 0.145 e. The summed E-state index contributed by atoms with van der Waals surface area (Å²) < 4.78 is 5.92. The van der Waals surface area contributed by atoms with Crippen molar-refractivity contribution < 1.29 is 4.74 Å². The zero-order chi connectivity index (χ0) is 26.2. The molecule has 1 saturated heterocycles. The van der Waals surface area contributed by atoms with E-state index in [1.165, 1.54) is 5.56 Å². The second kappa shape index (κ2) is 10.4. The van der Waals surface area contributed by atoms with Gasteiger partial charge in [-0.3, -0.25) is 9.88 Å². The first-order valence-electron chi connectivity index (χ1n) is 12.8. The van der Waals surface area contributed by atoms with Crippen molar-refractivity contribution in [2.45, 2.75) is 58.8 Å². The van der Waals surface area contributed by atoms with Gasteiger partial charge in [0.25, 0.3) is 0 Å². The molecule has 1 N–H and O–H groups in total. The van der Waals surface area contributed by atoms with Gasteiger partial charge in [-0.1, -0.05) is 50.6 Å². The molecule has 4 aromatic rings. The van der Waals surface area contributed by atoms with Crippen LogP contribution in [0.2, 0.25) is 5.02 Å². The Morgan fingerprint density at radius 3 is 2.41 bits per heavy atom. The van der Waals surface area contributed by atoms with Crippen LogP contribution in [0, 0.1) is 0 Å². The number of nitrogens with zero attached hydrogens (tertiary/aromatic N) is 4. The quantitative estimate of drug-likeness (QED) is 0.309. The summed E-state index contributed by atoms with van der Waals surface area (Å²) in [5.74, 6) is 1.56. The standard InChI is InChI=1S/C30H34ClN5O/c1-19-16-36(17-20(2)37-19)18-27-34-26-15-21(28-25(31)7-6-14-32-28)8-13-24(26)29(35-27)33-23-11-9-22(10-12-23)30(3,4)5/h6-15,19-20H,16-18H2,1-5H3,(H,33,34,35)/t19-,20-/m0/s1. The van der Waals surface area contributed by atoms with E-state index in [0.29, 0.717) is 11.6 Å². The molecule has 2 atom stereocenters. The fourth-order valence-electron chi connectivity index (χ4n) is 4.89. The van der Waals surface area contributed by atoms with Crippen LogP contribution in [0.5, 0.6) is 0 Å². The van der Waals surface area contributed by atoms with E-state index in [0.717, 1.165) is 52.6 Å². The molecule has 0 unspecified atom stereocenters. The van der Waals surface area contributed by atoms with E-state index in [1.54, 1.807) is 6.20 Å². The number of benzene rings is 2. The van der Waals surface area contributed by atoms with Gasteiger partial charge in [0.2, 0.25) is 0 Å². The second-order valence-electron chi connectivity index (χ2n) is 11.0. The third-order valence-corrected chi connectivity index (χ3v) is 6.95. The highest BCUT2D eigenvalue weighted by atomic mass is 35.5. The predicted molar refractivity (Wildman–Crippen MR) is 151 cm³/mol. The minimum absolute atomic E-state index is 0.100. The van der Waals surface area contributed by atoms with Crippen LogP contribution in [0.1, 0.15) is 46.0 Å². The van der Waals surface area contributed by atoms with Crippen molar-refractivity contribution in [2.24, 2.45) is 0 Å². The summed E-state index contributed by atoms with van der Waals surface area (Å²) in [5.41, 5.74) is 4.91. The molecule has 3 heterocycles. The van der Waals surface area contributed by atoms with Gasteiger partial charge in [-0.15, -0.1) is 0 Å². The molecule has 0 spiro atoms. The van der Waals surface area contributed by atoms with Gasteiger partial charge in [0, 0.05) is 35.9 Å². The molecule has 0 radical (unpaired) electrons. The Morgan fingerprint density at radius 1 is 1.00 bits per heavy atom. The third kappa shape index (κ3) is 5.93. The number of hydrogen-bond donors (Lipinski definition) is 1. The summed E-state index contributed by atoms with van der Waals surface area (Å²) in [4.78, 5) is 16.8. The van der Waals surface area contributed by atoms with Crippen LogP contribution in [0.25, 0.3) is 22.2 Å². The lowest BCUT2D eigenvalue weighted by Gasteiger charge is -2.34. The van der Waals surface area contributed by atoms with Crippen molar-refractivity contribution in [3.63, 3.8) is 0 Å². The Labute approximate surface area is 224 Å². The highest BCUT2D eigenvalue weighted by Crippen LogP contribution is 2.32.